The number of ether oxygens (including phenoxy) is 3. The summed E-state index contributed by atoms with van der Waals surface area (Å²) < 4.78 is 15.2. The molecule has 0 unspecified atom stereocenters. The van der Waals surface area contributed by atoms with Crippen LogP contribution in [0.25, 0.3) is 0 Å². The molecular weight excluding hydrogens is 372 g/mol. The number of pyridine rings is 1. The van der Waals surface area contributed by atoms with Gasteiger partial charge in [-0.15, -0.1) is 0 Å². The maximum absolute atomic E-state index is 11.7. The normalized spacial score (nSPS) is 10.4. The molecule has 29 heavy (non-hydrogen) atoms. The summed E-state index contributed by atoms with van der Waals surface area (Å²) in [6, 6.07) is 3.28. The minimum absolute atomic E-state index is 0.0434. The third-order valence-corrected chi connectivity index (χ3v) is 4.53. The number of nitrogens with one attached hydrogen (secondary N) is 1. The second-order valence-corrected chi connectivity index (χ2v) is 7.01. The van der Waals surface area contributed by atoms with Crippen LogP contribution in [0.4, 0.5) is 4.79 Å². The van der Waals surface area contributed by atoms with E-state index in [1.807, 2.05) is 0 Å². The zero-order valence-electron chi connectivity index (χ0n) is 17.9. The number of hydrogen-bond acceptors (Lipinski definition) is 6. The Morgan fingerprint density at radius 3 is 2.21 bits per heavy atom. The van der Waals surface area contributed by atoms with Crippen molar-refractivity contribution in [1.29, 1.82) is 0 Å². The van der Waals surface area contributed by atoms with Crippen LogP contribution in [0.5, 0.6) is 11.6 Å². The van der Waals surface area contributed by atoms with Crippen molar-refractivity contribution in [1.82, 2.24) is 10.3 Å². The maximum atomic E-state index is 11.7. The van der Waals surface area contributed by atoms with Gasteiger partial charge in [0, 0.05) is 6.20 Å². The lowest BCUT2D eigenvalue weighted by Crippen LogP contribution is -2.33. The van der Waals surface area contributed by atoms with Gasteiger partial charge in [0.1, 0.15) is 6.54 Å². The van der Waals surface area contributed by atoms with Crippen molar-refractivity contribution >= 4 is 12.1 Å². The summed E-state index contributed by atoms with van der Waals surface area (Å²) in [5.41, 5.74) is 0. The molecule has 1 heterocycles. The molecule has 0 aromatic carbocycles. The highest BCUT2D eigenvalue weighted by Gasteiger charge is 2.12. The molecule has 7 heteroatoms. The Balaban J connectivity index is 1.97. The molecule has 0 aliphatic heterocycles. The van der Waals surface area contributed by atoms with Crippen LogP contribution >= 0.6 is 0 Å². The van der Waals surface area contributed by atoms with E-state index < -0.39 is 12.1 Å². The van der Waals surface area contributed by atoms with E-state index in [0.717, 1.165) is 12.8 Å². The molecule has 7 nitrogen and oxygen atoms in total. The fraction of sp³-hybridized carbons (Fsp3) is 0.682. The first-order chi connectivity index (χ1) is 14.2. The highest BCUT2D eigenvalue weighted by atomic mass is 16.6. The average molecular weight is 409 g/mol. The van der Waals surface area contributed by atoms with Crippen molar-refractivity contribution in [2.45, 2.75) is 77.6 Å². The Morgan fingerprint density at radius 2 is 1.59 bits per heavy atom. The summed E-state index contributed by atoms with van der Waals surface area (Å²) in [5, 5.41) is 2.34. The van der Waals surface area contributed by atoms with Crippen molar-refractivity contribution in [2.75, 3.05) is 20.3 Å². The van der Waals surface area contributed by atoms with Gasteiger partial charge >= 0.3 is 12.1 Å². The second-order valence-electron chi connectivity index (χ2n) is 7.01. The zero-order chi connectivity index (χ0) is 21.2. The van der Waals surface area contributed by atoms with Crippen molar-refractivity contribution in [3.63, 3.8) is 0 Å². The number of amides is 1. The molecule has 0 atom stereocenters. The zero-order valence-corrected chi connectivity index (χ0v) is 17.9. The van der Waals surface area contributed by atoms with E-state index in [4.69, 9.17) is 14.2 Å². The van der Waals surface area contributed by atoms with Crippen LogP contribution in [0.15, 0.2) is 18.3 Å². The maximum Gasteiger partial charge on any atom is 0.414 e. The fourth-order valence-corrected chi connectivity index (χ4v) is 2.88. The lowest BCUT2D eigenvalue weighted by atomic mass is 10.1. The van der Waals surface area contributed by atoms with Gasteiger partial charge in [0.15, 0.2) is 5.75 Å². The average Bonchev–Trinajstić information content (AvgIpc) is 2.73. The van der Waals surface area contributed by atoms with E-state index in [2.05, 4.69) is 17.2 Å². The first-order valence-electron chi connectivity index (χ1n) is 10.8. The summed E-state index contributed by atoms with van der Waals surface area (Å²) in [6.07, 6.45) is 14.3. The molecule has 0 spiro atoms. The molecule has 0 fully saturated rings. The molecule has 1 rings (SSSR count). The number of unbranched alkanes of at least 4 members (excludes halogenated alkanes) is 10. The van der Waals surface area contributed by atoms with Crippen LogP contribution in [0.3, 0.4) is 0 Å². The van der Waals surface area contributed by atoms with Crippen LogP contribution in [0.2, 0.25) is 0 Å². The molecule has 164 valence electrons. The molecule has 0 bridgehead atoms. The molecule has 1 aromatic rings. The van der Waals surface area contributed by atoms with Crippen molar-refractivity contribution in [2.24, 2.45) is 0 Å². The van der Waals surface area contributed by atoms with Crippen LogP contribution in [0.1, 0.15) is 77.6 Å². The highest BCUT2D eigenvalue weighted by molar-refractivity contribution is 5.78. The topological polar surface area (TPSA) is 86.8 Å². The van der Waals surface area contributed by atoms with E-state index in [1.165, 1.54) is 71.1 Å². The molecule has 1 amide bonds. The summed E-state index contributed by atoms with van der Waals surface area (Å²) in [5.74, 6) is -0.106. The number of carbonyl (C=O) groups excluding carboxylic acids is 2. The first-order valence-corrected chi connectivity index (χ1v) is 10.8. The van der Waals surface area contributed by atoms with Crippen LogP contribution in [-0.2, 0) is 9.53 Å². The molecule has 0 saturated heterocycles. The Hall–Kier alpha value is -2.31. The van der Waals surface area contributed by atoms with Gasteiger partial charge < -0.3 is 19.5 Å². The van der Waals surface area contributed by atoms with E-state index in [1.54, 1.807) is 12.1 Å². The first kappa shape index (κ1) is 24.7. The Labute approximate surface area is 174 Å². The molecule has 1 N–H and O–H groups in total. The van der Waals surface area contributed by atoms with E-state index >= 15 is 0 Å². The van der Waals surface area contributed by atoms with Gasteiger partial charge in [-0.2, -0.15) is 0 Å². The van der Waals surface area contributed by atoms with Gasteiger partial charge in [-0.05, 0) is 18.6 Å². The largest absolute Gasteiger partial charge is 0.491 e. The standard InChI is InChI=1S/C22H36N2O5/c1-3-4-5-6-7-8-9-10-11-12-13-17-28-20(25)18-24-22(26)29-21-19(27-2)15-14-16-23-21/h14-16H,3-13,17-18H2,1-2H3,(H,24,26). The van der Waals surface area contributed by atoms with E-state index in [0.29, 0.717) is 12.4 Å². The van der Waals surface area contributed by atoms with Crippen LogP contribution in [0, 0.1) is 0 Å². The minimum atomic E-state index is -0.784. The number of aromatic nitrogens is 1. The molecule has 0 aliphatic carbocycles. The number of rotatable bonds is 16. The number of methoxy groups -OCH3 is 1. The summed E-state index contributed by atoms with van der Waals surface area (Å²) in [6.45, 7) is 2.37. The van der Waals surface area contributed by atoms with Crippen LogP contribution < -0.4 is 14.8 Å². The monoisotopic (exact) mass is 408 g/mol. The number of esters is 1. The van der Waals surface area contributed by atoms with Gasteiger partial charge in [0.05, 0.1) is 13.7 Å². The van der Waals surface area contributed by atoms with Gasteiger partial charge in [0.25, 0.3) is 5.88 Å². The molecule has 0 radical (unpaired) electrons. The lowest BCUT2D eigenvalue weighted by Gasteiger charge is -2.09. The number of carbonyl (C=O) groups is 2. The Kier molecular flexibility index (Phi) is 14.2. The van der Waals surface area contributed by atoms with Gasteiger partial charge in [-0.25, -0.2) is 9.78 Å². The molecular formula is C22H36N2O5. The predicted octanol–water partition coefficient (Wildman–Crippen LogP) is 5.03. The van der Waals surface area contributed by atoms with Crippen molar-refractivity contribution in [3.05, 3.63) is 18.3 Å². The minimum Gasteiger partial charge on any atom is -0.491 e. The third-order valence-electron chi connectivity index (χ3n) is 4.53. The smallest absolute Gasteiger partial charge is 0.414 e. The summed E-state index contributed by atoms with van der Waals surface area (Å²) in [7, 11) is 1.45. The number of hydrogen-bond donors (Lipinski definition) is 1. The summed E-state index contributed by atoms with van der Waals surface area (Å²) in [4.78, 5) is 27.3. The van der Waals surface area contributed by atoms with Crippen molar-refractivity contribution < 1.29 is 23.8 Å². The fourth-order valence-electron chi connectivity index (χ4n) is 2.88. The molecule has 0 saturated carbocycles. The van der Waals surface area contributed by atoms with E-state index in [-0.39, 0.29) is 12.4 Å². The Bertz CT molecular complexity index is 580. The van der Waals surface area contributed by atoms with Gasteiger partial charge in [-0.1, -0.05) is 71.1 Å². The van der Waals surface area contributed by atoms with Gasteiger partial charge in [-0.3, -0.25) is 4.79 Å². The second kappa shape index (κ2) is 16.6. The molecule has 1 aromatic heterocycles. The lowest BCUT2D eigenvalue weighted by molar-refractivity contribution is -0.142. The highest BCUT2D eigenvalue weighted by Crippen LogP contribution is 2.22. The SMILES string of the molecule is CCCCCCCCCCCCCOC(=O)CNC(=O)Oc1ncccc1OC. The quantitative estimate of drug-likeness (QED) is 0.305. The van der Waals surface area contributed by atoms with Crippen LogP contribution in [-0.4, -0.2) is 37.3 Å². The van der Waals surface area contributed by atoms with Gasteiger partial charge in [0.2, 0.25) is 0 Å². The number of nitrogens with zero attached hydrogens (tertiary/aromatic N) is 1. The van der Waals surface area contributed by atoms with E-state index in [9.17, 15) is 9.59 Å². The Morgan fingerprint density at radius 1 is 0.966 bits per heavy atom. The predicted molar refractivity (Wildman–Crippen MR) is 112 cm³/mol. The molecule has 0 aliphatic rings. The third kappa shape index (κ3) is 12.7. The van der Waals surface area contributed by atoms with Crippen molar-refractivity contribution in [3.8, 4) is 11.6 Å². The summed E-state index contributed by atoms with van der Waals surface area (Å²) >= 11 is 0.